The Morgan fingerprint density at radius 2 is 2.10 bits per heavy atom. The maximum Gasteiger partial charge on any atom is 0.338 e. The van der Waals surface area contributed by atoms with Crippen molar-refractivity contribution in [1.29, 1.82) is 0 Å². The topological polar surface area (TPSA) is 84.2 Å². The van der Waals surface area contributed by atoms with Crippen molar-refractivity contribution in [3.05, 3.63) is 47.8 Å². The minimum atomic E-state index is -1.11. The fourth-order valence-electron chi connectivity index (χ4n) is 1.62. The number of halogens is 2. The van der Waals surface area contributed by atoms with E-state index in [1.54, 1.807) is 0 Å². The molecule has 0 bridgehead atoms. The van der Waals surface area contributed by atoms with Crippen LogP contribution >= 0.6 is 0 Å². The van der Waals surface area contributed by atoms with Crippen molar-refractivity contribution in [1.82, 2.24) is 9.78 Å². The quantitative estimate of drug-likeness (QED) is 0.882. The van der Waals surface area contributed by atoms with E-state index in [1.165, 1.54) is 17.1 Å². The van der Waals surface area contributed by atoms with Gasteiger partial charge in [0.15, 0.2) is 0 Å². The van der Waals surface area contributed by atoms with Gasteiger partial charge in [0.05, 0.1) is 17.4 Å². The summed E-state index contributed by atoms with van der Waals surface area (Å²) in [6, 6.07) is 2.83. The fourth-order valence-corrected chi connectivity index (χ4v) is 1.62. The van der Waals surface area contributed by atoms with Crippen LogP contribution in [0.15, 0.2) is 30.6 Å². The summed E-state index contributed by atoms with van der Waals surface area (Å²) in [4.78, 5) is 22.3. The number of aromatic carboxylic acids is 1. The maximum absolute atomic E-state index is 13.3. The number of carboxylic acids is 1. The number of aromatic nitrogens is 2. The van der Waals surface area contributed by atoms with Crippen molar-refractivity contribution in [3.63, 3.8) is 0 Å². The Balaban J connectivity index is 1.91. The number of hydrogen-bond acceptors (Lipinski definition) is 3. The molecule has 0 spiro atoms. The number of benzene rings is 1. The smallest absolute Gasteiger partial charge is 0.338 e. The maximum atomic E-state index is 13.3. The molecule has 2 rings (SSSR count). The first-order valence-electron chi connectivity index (χ1n) is 5.96. The Hall–Kier alpha value is -2.77. The molecule has 1 amide bonds. The number of carbonyl (C=O) groups excluding carboxylic acids is 1. The molecule has 1 aromatic heterocycles. The van der Waals surface area contributed by atoms with Gasteiger partial charge < -0.3 is 10.4 Å². The molecule has 0 saturated heterocycles. The molecule has 0 atom stereocenters. The highest BCUT2D eigenvalue weighted by Gasteiger charge is 2.10. The van der Waals surface area contributed by atoms with Crippen molar-refractivity contribution in [2.24, 2.45) is 0 Å². The average Bonchev–Trinajstić information content (AvgIpc) is 2.89. The van der Waals surface area contributed by atoms with E-state index in [0.717, 1.165) is 12.1 Å². The van der Waals surface area contributed by atoms with Gasteiger partial charge in [0.1, 0.15) is 11.6 Å². The van der Waals surface area contributed by atoms with Gasteiger partial charge in [-0.25, -0.2) is 13.6 Å². The monoisotopic (exact) mass is 295 g/mol. The van der Waals surface area contributed by atoms with E-state index in [4.69, 9.17) is 5.11 Å². The molecule has 0 aliphatic rings. The number of carbonyl (C=O) groups is 2. The zero-order valence-electron chi connectivity index (χ0n) is 10.7. The molecule has 1 heterocycles. The van der Waals surface area contributed by atoms with E-state index in [2.05, 4.69) is 10.4 Å². The summed E-state index contributed by atoms with van der Waals surface area (Å²) >= 11 is 0. The third-order valence-corrected chi connectivity index (χ3v) is 2.65. The molecule has 2 aromatic rings. The molecule has 8 heteroatoms. The van der Waals surface area contributed by atoms with Crippen molar-refractivity contribution in [2.45, 2.75) is 13.0 Å². The van der Waals surface area contributed by atoms with E-state index >= 15 is 0 Å². The van der Waals surface area contributed by atoms with E-state index in [-0.39, 0.29) is 24.2 Å². The van der Waals surface area contributed by atoms with Crippen LogP contribution in [-0.2, 0) is 11.3 Å². The lowest BCUT2D eigenvalue weighted by Gasteiger charge is -2.06. The van der Waals surface area contributed by atoms with E-state index in [0.29, 0.717) is 6.07 Å². The van der Waals surface area contributed by atoms with Crippen LogP contribution in [0.1, 0.15) is 16.8 Å². The van der Waals surface area contributed by atoms with Gasteiger partial charge in [0, 0.05) is 25.2 Å². The minimum Gasteiger partial charge on any atom is -0.478 e. The lowest BCUT2D eigenvalue weighted by atomic mass is 10.3. The summed E-state index contributed by atoms with van der Waals surface area (Å²) in [5, 5.41) is 14.8. The van der Waals surface area contributed by atoms with Gasteiger partial charge in [0.2, 0.25) is 5.91 Å². The highest BCUT2D eigenvalue weighted by Crippen LogP contribution is 2.15. The molecule has 110 valence electrons. The molecule has 0 radical (unpaired) electrons. The summed E-state index contributed by atoms with van der Waals surface area (Å²) in [7, 11) is 0. The van der Waals surface area contributed by atoms with Gasteiger partial charge in [-0.3, -0.25) is 9.48 Å². The van der Waals surface area contributed by atoms with Crippen molar-refractivity contribution < 1.29 is 23.5 Å². The largest absolute Gasteiger partial charge is 0.478 e. The van der Waals surface area contributed by atoms with Gasteiger partial charge >= 0.3 is 5.97 Å². The Labute approximate surface area is 118 Å². The summed E-state index contributed by atoms with van der Waals surface area (Å²) in [5.74, 6) is -3.20. The zero-order chi connectivity index (χ0) is 15.4. The van der Waals surface area contributed by atoms with Crippen LogP contribution in [0, 0.1) is 11.6 Å². The van der Waals surface area contributed by atoms with E-state index < -0.39 is 23.5 Å². The second kappa shape index (κ2) is 6.12. The predicted octanol–water partition coefficient (Wildman–Crippen LogP) is 1.89. The normalized spacial score (nSPS) is 10.4. The first kappa shape index (κ1) is 14.6. The second-order valence-electron chi connectivity index (χ2n) is 4.22. The van der Waals surface area contributed by atoms with E-state index in [9.17, 15) is 18.4 Å². The van der Waals surface area contributed by atoms with Gasteiger partial charge in [-0.15, -0.1) is 0 Å². The SMILES string of the molecule is O=C(CCn1cc(C(=O)O)cn1)Nc1ccc(F)cc1F. The highest BCUT2D eigenvalue weighted by molar-refractivity contribution is 5.90. The van der Waals surface area contributed by atoms with E-state index in [1.807, 2.05) is 0 Å². The van der Waals surface area contributed by atoms with Crippen LogP contribution in [0.4, 0.5) is 14.5 Å². The second-order valence-corrected chi connectivity index (χ2v) is 4.22. The zero-order valence-corrected chi connectivity index (χ0v) is 10.7. The number of nitrogens with one attached hydrogen (secondary N) is 1. The third kappa shape index (κ3) is 3.85. The molecule has 6 nitrogen and oxygen atoms in total. The van der Waals surface area contributed by atoms with Crippen LogP contribution in [-0.4, -0.2) is 26.8 Å². The van der Waals surface area contributed by atoms with Gasteiger partial charge in [-0.1, -0.05) is 0 Å². The van der Waals surface area contributed by atoms with Crippen LogP contribution in [0.3, 0.4) is 0 Å². The average molecular weight is 295 g/mol. The minimum absolute atomic E-state index is 0.0139. The van der Waals surface area contributed by atoms with Crippen molar-refractivity contribution in [2.75, 3.05) is 5.32 Å². The summed E-state index contributed by atoms with van der Waals surface area (Å²) in [6.45, 7) is 0.141. The lowest BCUT2D eigenvalue weighted by Crippen LogP contribution is -2.15. The number of anilines is 1. The standard InChI is InChI=1S/C13H11F2N3O3/c14-9-1-2-11(10(15)5-9)17-12(19)3-4-18-7-8(6-16-18)13(20)21/h1-2,5-7H,3-4H2,(H,17,19)(H,20,21). The number of carboxylic acid groups (broad SMARTS) is 1. The molecule has 21 heavy (non-hydrogen) atoms. The third-order valence-electron chi connectivity index (χ3n) is 2.65. The highest BCUT2D eigenvalue weighted by atomic mass is 19.1. The van der Waals surface area contributed by atoms with Gasteiger partial charge in [-0.05, 0) is 12.1 Å². The van der Waals surface area contributed by atoms with Gasteiger partial charge in [-0.2, -0.15) is 5.10 Å². The molecule has 2 N–H and O–H groups in total. The van der Waals surface area contributed by atoms with Gasteiger partial charge in [0.25, 0.3) is 0 Å². The molecule has 0 aliphatic carbocycles. The first-order valence-corrected chi connectivity index (χ1v) is 5.96. The Bertz CT molecular complexity index is 685. The first-order chi connectivity index (χ1) is 9.95. The number of rotatable bonds is 5. The summed E-state index contributed by atoms with van der Waals surface area (Å²) in [6.07, 6.45) is 2.42. The molecular weight excluding hydrogens is 284 g/mol. The van der Waals surface area contributed by atoms with Crippen molar-refractivity contribution in [3.8, 4) is 0 Å². The van der Waals surface area contributed by atoms with Crippen molar-refractivity contribution >= 4 is 17.6 Å². The van der Waals surface area contributed by atoms with Crippen LogP contribution in [0.5, 0.6) is 0 Å². The van der Waals surface area contributed by atoms with Crippen LogP contribution in [0.25, 0.3) is 0 Å². The molecule has 0 unspecified atom stereocenters. The number of amides is 1. The Morgan fingerprint density at radius 3 is 2.71 bits per heavy atom. The molecule has 0 saturated carbocycles. The number of aryl methyl sites for hydroxylation is 1. The lowest BCUT2D eigenvalue weighted by molar-refractivity contribution is -0.116. The predicted molar refractivity (Wildman–Crippen MR) is 68.8 cm³/mol. The van der Waals surface area contributed by atoms with Crippen LogP contribution in [0.2, 0.25) is 0 Å². The molecule has 0 aliphatic heterocycles. The number of nitrogens with zero attached hydrogens (tertiary/aromatic N) is 2. The molecule has 0 fully saturated rings. The summed E-state index contributed by atoms with van der Waals surface area (Å²) < 4.78 is 27.3. The Kier molecular flexibility index (Phi) is 4.27. The van der Waals surface area contributed by atoms with Crippen LogP contribution < -0.4 is 5.32 Å². The molecular formula is C13H11F2N3O3. The Morgan fingerprint density at radius 1 is 1.33 bits per heavy atom. The number of hydrogen-bond donors (Lipinski definition) is 2. The summed E-state index contributed by atoms with van der Waals surface area (Å²) in [5.41, 5.74) is -0.104. The fraction of sp³-hybridized carbons (Fsp3) is 0.154. The molecule has 1 aromatic carbocycles.